The van der Waals surface area contributed by atoms with Crippen molar-refractivity contribution in [2.75, 3.05) is 19.6 Å². The molecule has 0 N–H and O–H groups in total. The van der Waals surface area contributed by atoms with Crippen molar-refractivity contribution in [2.24, 2.45) is 32.7 Å². The molecule has 9 aromatic rings. The molecule has 7 heteroatoms. The molecule has 4 nitrogen and oxygen atoms in total. The van der Waals surface area contributed by atoms with Gasteiger partial charge in [-0.05, 0) is 89.3 Å². The van der Waals surface area contributed by atoms with E-state index in [1.165, 1.54) is 64.4 Å². The molecule has 0 aliphatic heterocycles. The number of hydrogen-bond acceptors (Lipinski definition) is 4. The molecular formula is C72H75N4P3. The van der Waals surface area contributed by atoms with Crippen molar-refractivity contribution in [3.63, 3.8) is 0 Å². The fraction of sp³-hybridized carbons (Fsp3) is 0.208. The number of aliphatic imine (C=N–C) groups is 3. The molecule has 0 unspecified atom stereocenters. The van der Waals surface area contributed by atoms with E-state index < -0.39 is 23.8 Å². The minimum absolute atomic E-state index is 0.0170. The Morgan fingerprint density at radius 1 is 0.278 bits per heavy atom. The third kappa shape index (κ3) is 15.3. The molecule has 0 aliphatic carbocycles. The second-order valence-electron chi connectivity index (χ2n) is 21.2. The summed E-state index contributed by atoms with van der Waals surface area (Å²) in [4.78, 5) is 19.5. The maximum absolute atomic E-state index is 5.60. The Balaban J connectivity index is 1.07. The van der Waals surface area contributed by atoms with Gasteiger partial charge in [0.1, 0.15) is 0 Å². The monoisotopic (exact) mass is 1090 g/mol. The van der Waals surface area contributed by atoms with Gasteiger partial charge in [0.25, 0.3) is 0 Å². The lowest BCUT2D eigenvalue weighted by atomic mass is 9.99. The van der Waals surface area contributed by atoms with Crippen LogP contribution in [0.25, 0.3) is 0 Å². The van der Waals surface area contributed by atoms with Crippen LogP contribution >= 0.6 is 23.8 Å². The predicted molar refractivity (Wildman–Crippen MR) is 351 cm³/mol. The average Bonchev–Trinajstić information content (AvgIpc) is 3.52. The number of benzene rings is 9. The average molecular weight is 1090 g/mol. The molecule has 0 heterocycles. The first-order valence-corrected chi connectivity index (χ1v) is 32.0. The van der Waals surface area contributed by atoms with Crippen molar-refractivity contribution in [1.82, 2.24) is 4.90 Å². The van der Waals surface area contributed by atoms with Crippen LogP contribution in [0.2, 0.25) is 0 Å². The second kappa shape index (κ2) is 28.9. The zero-order chi connectivity index (χ0) is 54.8. The van der Waals surface area contributed by atoms with Gasteiger partial charge in [-0.1, -0.05) is 296 Å². The Kier molecular flexibility index (Phi) is 20.8. The van der Waals surface area contributed by atoms with E-state index in [1.807, 2.05) is 0 Å². The smallest absolute Gasteiger partial charge is 0.0649 e. The van der Waals surface area contributed by atoms with E-state index in [4.69, 9.17) is 15.0 Å². The van der Waals surface area contributed by atoms with Crippen LogP contribution in [0.3, 0.4) is 0 Å². The van der Waals surface area contributed by atoms with Crippen LogP contribution in [0.4, 0.5) is 0 Å². The summed E-state index contributed by atoms with van der Waals surface area (Å²) < 4.78 is 0. The van der Waals surface area contributed by atoms with E-state index >= 15 is 0 Å². The summed E-state index contributed by atoms with van der Waals surface area (Å²) >= 11 is 0. The molecule has 0 saturated carbocycles. The normalized spacial score (nSPS) is 13.3. The molecule has 0 saturated heterocycles. The number of nitrogens with zero attached hydrogens (tertiary/aromatic N) is 4. The molecular weight excluding hydrogens is 1010 g/mol. The lowest BCUT2D eigenvalue weighted by Gasteiger charge is -2.33. The molecule has 79 heavy (non-hydrogen) atoms. The van der Waals surface area contributed by atoms with E-state index in [0.29, 0.717) is 0 Å². The van der Waals surface area contributed by atoms with Gasteiger partial charge in [0.05, 0.1) is 18.1 Å². The summed E-state index contributed by atoms with van der Waals surface area (Å²) in [6.07, 6.45) is 6.54. The van der Waals surface area contributed by atoms with Gasteiger partial charge >= 0.3 is 0 Å². The van der Waals surface area contributed by atoms with E-state index in [9.17, 15) is 0 Å². The highest BCUT2D eigenvalue weighted by Gasteiger charge is 2.27. The van der Waals surface area contributed by atoms with E-state index in [2.05, 4.69) is 320 Å². The molecule has 0 radical (unpaired) electrons. The highest BCUT2D eigenvalue weighted by atomic mass is 31.1. The number of rotatable bonds is 24. The van der Waals surface area contributed by atoms with Crippen molar-refractivity contribution in [2.45, 2.75) is 59.7 Å². The molecule has 0 amide bonds. The highest BCUT2D eigenvalue weighted by Crippen LogP contribution is 2.36. The summed E-state index contributed by atoms with van der Waals surface area (Å²) in [5, 5.41) is 11.9. The summed E-state index contributed by atoms with van der Waals surface area (Å²) in [5.41, 5.74) is 3.51. The van der Waals surface area contributed by atoms with Crippen LogP contribution in [-0.2, 0) is 0 Å². The second-order valence-corrected chi connectivity index (χ2v) is 27.7. The van der Waals surface area contributed by atoms with Crippen LogP contribution in [-0.4, -0.2) is 61.3 Å². The maximum Gasteiger partial charge on any atom is 0.0649 e. The summed E-state index contributed by atoms with van der Waals surface area (Å²) in [6.45, 7) is 16.3. The van der Waals surface area contributed by atoms with Crippen molar-refractivity contribution in [3.8, 4) is 0 Å². The van der Waals surface area contributed by atoms with Gasteiger partial charge < -0.3 is 0 Å². The summed E-state index contributed by atoms with van der Waals surface area (Å²) in [7, 11) is -2.44. The van der Waals surface area contributed by atoms with Crippen LogP contribution < -0.4 is 47.7 Å². The Morgan fingerprint density at radius 2 is 0.468 bits per heavy atom. The summed E-state index contributed by atoms with van der Waals surface area (Å²) in [5.74, 6) is 0.839. The van der Waals surface area contributed by atoms with E-state index in [-0.39, 0.29) is 35.9 Å². The summed E-state index contributed by atoms with van der Waals surface area (Å²) in [6, 6.07) is 92.6. The predicted octanol–water partition coefficient (Wildman–Crippen LogP) is 13.0. The fourth-order valence-corrected chi connectivity index (χ4v) is 17.2. The minimum atomic E-state index is -0.813. The molecule has 9 rings (SSSR count). The van der Waals surface area contributed by atoms with Gasteiger partial charge in [-0.2, -0.15) is 0 Å². The van der Waals surface area contributed by atoms with Gasteiger partial charge in [-0.15, -0.1) is 0 Å². The van der Waals surface area contributed by atoms with Crippen molar-refractivity contribution in [3.05, 3.63) is 271 Å². The third-order valence-corrected chi connectivity index (χ3v) is 22.0. The highest BCUT2D eigenvalue weighted by molar-refractivity contribution is 7.80. The van der Waals surface area contributed by atoms with Crippen LogP contribution in [0.5, 0.6) is 0 Å². The molecule has 0 aliphatic rings. The van der Waals surface area contributed by atoms with Gasteiger partial charge in [-0.3, -0.25) is 19.9 Å². The SMILES string of the molecule is CC(C)[C@@H](CN(C[C@@H](N=Cc1ccccc1P(c1ccccc1)c1ccccc1)C(C)C)C[C@@H](N=Cc1ccccc1P(c1ccccc1)c1ccccc1)C(C)C)N=Cc1ccccc1P(c1ccccc1)c1ccccc1. The van der Waals surface area contributed by atoms with Crippen molar-refractivity contribution < 1.29 is 0 Å². The Morgan fingerprint density at radius 3 is 0.671 bits per heavy atom. The first-order chi connectivity index (χ1) is 38.7. The van der Waals surface area contributed by atoms with Gasteiger partial charge in [0, 0.05) is 55.0 Å². The Labute approximate surface area is 475 Å². The lowest BCUT2D eigenvalue weighted by Crippen LogP contribution is -2.44. The van der Waals surface area contributed by atoms with Crippen LogP contribution in [0, 0.1) is 17.8 Å². The molecule has 0 spiro atoms. The zero-order valence-electron chi connectivity index (χ0n) is 46.7. The van der Waals surface area contributed by atoms with E-state index in [1.54, 1.807) is 0 Å². The molecule has 0 aromatic heterocycles. The first-order valence-electron chi connectivity index (χ1n) is 28.0. The van der Waals surface area contributed by atoms with Gasteiger partial charge in [0.2, 0.25) is 0 Å². The maximum atomic E-state index is 5.60. The number of hydrogen-bond donors (Lipinski definition) is 0. The van der Waals surface area contributed by atoms with Crippen molar-refractivity contribution in [1.29, 1.82) is 0 Å². The first kappa shape index (κ1) is 56.9. The molecule has 0 bridgehead atoms. The third-order valence-electron chi connectivity index (χ3n) is 14.5. The lowest BCUT2D eigenvalue weighted by molar-refractivity contribution is 0.191. The van der Waals surface area contributed by atoms with Crippen molar-refractivity contribution >= 4 is 90.1 Å². The topological polar surface area (TPSA) is 40.3 Å². The molecule has 398 valence electrons. The van der Waals surface area contributed by atoms with Gasteiger partial charge in [0.15, 0.2) is 0 Å². The van der Waals surface area contributed by atoms with Crippen LogP contribution in [0.15, 0.2) is 270 Å². The zero-order valence-corrected chi connectivity index (χ0v) is 49.4. The fourth-order valence-electron chi connectivity index (χ4n) is 9.98. The minimum Gasteiger partial charge on any atom is -0.297 e. The molecule has 9 aromatic carbocycles. The Hall–Kier alpha value is -6.76. The largest absolute Gasteiger partial charge is 0.297 e. The molecule has 3 atom stereocenters. The Bertz CT molecular complexity index is 2860. The van der Waals surface area contributed by atoms with Crippen LogP contribution in [0.1, 0.15) is 58.2 Å². The standard InChI is InChI=1S/C72H75N4P3/c1-55(2)67(73-49-58-31-25-28-46-70(58)77(61-34-13-7-14-35-61)62-36-15-8-16-37-62)52-76(53-68(56(3)4)74-50-59-32-26-29-47-71(59)78(63-38-17-9-18-39-63)64-40-19-10-20-41-64)54-69(57(5)6)75-51-60-33-27-30-48-72(60)79(65-42-21-11-22-43-65)66-44-23-12-24-45-66/h7-51,55-57,67-69H,52-54H2,1-6H3/t67-,68-,69-/m1/s1. The van der Waals surface area contributed by atoms with E-state index in [0.717, 1.165) is 19.6 Å². The van der Waals surface area contributed by atoms with Gasteiger partial charge in [-0.25, -0.2) is 0 Å². The quantitative estimate of drug-likeness (QED) is 0.0439. The molecule has 0 fully saturated rings.